The quantitative estimate of drug-likeness (QED) is 0.129. The van der Waals surface area contributed by atoms with E-state index in [0.717, 1.165) is 177 Å². The van der Waals surface area contributed by atoms with Crippen molar-refractivity contribution in [2.45, 2.75) is 19.3 Å². The Hall–Kier alpha value is -19.2. The van der Waals surface area contributed by atoms with E-state index in [1.54, 1.807) is 0 Å². The van der Waals surface area contributed by atoms with Crippen molar-refractivity contribution in [3.63, 3.8) is 0 Å². The molecule has 0 aliphatic heterocycles. The largest absolute Gasteiger partial charge is 0.454 e. The van der Waals surface area contributed by atoms with Crippen molar-refractivity contribution in [3.05, 3.63) is 460 Å². The Morgan fingerprint density at radius 1 is 0.203 bits per heavy atom. The third-order valence-corrected chi connectivity index (χ3v) is 28.9. The van der Waals surface area contributed by atoms with E-state index < -0.39 is 0 Å². The van der Waals surface area contributed by atoms with Crippen LogP contribution < -0.4 is 0 Å². The number of para-hydroxylation sites is 10. The topological polar surface area (TPSA) is 150 Å². The molecule has 1 aliphatic carbocycles. The van der Waals surface area contributed by atoms with Gasteiger partial charge in [0, 0.05) is 126 Å². The molecule has 0 unspecified atom stereocenters. The summed E-state index contributed by atoms with van der Waals surface area (Å²) >= 11 is 0. The van der Waals surface area contributed by atoms with Crippen LogP contribution in [-0.4, -0.2) is 48.2 Å². The zero-order chi connectivity index (χ0) is 94.2. The predicted molar refractivity (Wildman–Crippen MR) is 583 cm³/mol. The molecular formula is C129H80N10O4. The molecule has 31 rings (SSSR count). The van der Waals surface area contributed by atoms with Crippen LogP contribution in [-0.2, 0) is 5.41 Å². The third kappa shape index (κ3) is 12.6. The fraction of sp³-hybridized carbons (Fsp3) is 0.0233. The molecule has 30 aromatic rings. The molecule has 11 heterocycles. The second-order valence-electron chi connectivity index (χ2n) is 37.3. The van der Waals surface area contributed by atoms with Gasteiger partial charge in [0.1, 0.15) is 56.0 Å². The summed E-state index contributed by atoms with van der Waals surface area (Å²) in [6, 6.07) is 157. The smallest absolute Gasteiger partial charge is 0.180 e. The van der Waals surface area contributed by atoms with Crippen LogP contribution >= 0.6 is 0 Å². The first kappa shape index (κ1) is 81.0. The Morgan fingerprint density at radius 3 is 1.01 bits per heavy atom. The highest BCUT2D eigenvalue weighted by atomic mass is 16.3. The zero-order valence-corrected chi connectivity index (χ0v) is 77.3. The van der Waals surface area contributed by atoms with Gasteiger partial charge in [0.15, 0.2) is 39.8 Å². The second-order valence-corrected chi connectivity index (χ2v) is 37.3. The first-order valence-corrected chi connectivity index (χ1v) is 48.3. The van der Waals surface area contributed by atoms with E-state index in [1.807, 2.05) is 127 Å². The van der Waals surface area contributed by atoms with Gasteiger partial charge in [0.05, 0.1) is 49.8 Å². The molecule has 14 nitrogen and oxygen atoms in total. The van der Waals surface area contributed by atoms with Gasteiger partial charge in [-0.1, -0.05) is 341 Å². The summed E-state index contributed by atoms with van der Waals surface area (Å²) in [5, 5.41) is 14.8. The molecule has 0 fully saturated rings. The van der Waals surface area contributed by atoms with E-state index in [-0.39, 0.29) is 5.41 Å². The van der Waals surface area contributed by atoms with E-state index in [0.29, 0.717) is 34.2 Å². The van der Waals surface area contributed by atoms with Crippen LogP contribution in [0.4, 0.5) is 0 Å². The maximum absolute atomic E-state index is 6.61. The monoisotopic (exact) mass is 1830 g/mol. The standard InChI is InChI=1S/C46H28N4O.C43H29N3O.C40H23N3O2/c1-3-14-29(15-4-1)41-45-42(37-22-9-12-25-40(37)51-45)48-46(47-41)30-16-13-19-32(28-30)50-39-24-11-8-21-34(39)36-27-26-35-33-20-7-10-23-38(33)49(43(35)44(36)50)31-17-5-2-6-18-31;1-43(2)34-20-9-6-17-29(34)31-23-24-32-30-18-7-10-21-35(30)46(40(32)37(31)43)28-16-12-15-27(25-28)42-44-38(26-13-4-3-5-14-26)41-39(45-42)33-19-8-11-22-36(33)47-41;1-2-12-24(13-3-1)35-39-36(30-17-7-11-21-34(30)45-39)42-40(41-35)29-16-5-9-19-32(29)43-31-18-8-4-14-25(31)27-22-23-28-26-15-6-10-20-33(26)44-38(28)37(27)43/h1-28H;3-25H,1-2H3;1-23H. The van der Waals surface area contributed by atoms with Crippen LogP contribution in [0.1, 0.15) is 25.0 Å². The van der Waals surface area contributed by atoms with Gasteiger partial charge < -0.3 is 35.9 Å². The normalized spacial score (nSPS) is 12.5. The van der Waals surface area contributed by atoms with Gasteiger partial charge >= 0.3 is 0 Å². The summed E-state index contributed by atoms with van der Waals surface area (Å²) < 4.78 is 35.3. The first-order chi connectivity index (χ1) is 70.7. The van der Waals surface area contributed by atoms with Gasteiger partial charge in [-0.05, 0) is 144 Å². The predicted octanol–water partition coefficient (Wildman–Crippen LogP) is 33.7. The van der Waals surface area contributed by atoms with Gasteiger partial charge in [-0.2, -0.15) is 0 Å². The molecule has 0 amide bonds. The van der Waals surface area contributed by atoms with E-state index in [1.165, 1.54) is 76.6 Å². The number of fused-ring (bicyclic) bond motifs is 30. The minimum atomic E-state index is -0.157. The Labute approximate surface area is 816 Å². The second kappa shape index (κ2) is 32.0. The van der Waals surface area contributed by atoms with Crippen LogP contribution in [0.2, 0.25) is 0 Å². The summed E-state index contributed by atoms with van der Waals surface area (Å²) in [7, 11) is 0. The lowest BCUT2D eigenvalue weighted by molar-refractivity contribution is 0.664. The van der Waals surface area contributed by atoms with Gasteiger partial charge in [-0.15, -0.1) is 0 Å². The van der Waals surface area contributed by atoms with E-state index in [9.17, 15) is 0 Å². The minimum Gasteiger partial charge on any atom is -0.454 e. The molecule has 0 bridgehead atoms. The Morgan fingerprint density at radius 2 is 0.524 bits per heavy atom. The van der Waals surface area contributed by atoms with Gasteiger partial charge in [-0.3, -0.25) is 0 Å². The van der Waals surface area contributed by atoms with E-state index in [4.69, 9.17) is 47.6 Å². The lowest BCUT2D eigenvalue weighted by Crippen LogP contribution is -2.16. The number of hydrogen-bond acceptors (Lipinski definition) is 10. The van der Waals surface area contributed by atoms with Crippen molar-refractivity contribution < 1.29 is 17.7 Å². The Balaban J connectivity index is 0.000000102. The number of hydrogen-bond donors (Lipinski definition) is 0. The average molecular weight is 1830 g/mol. The van der Waals surface area contributed by atoms with Crippen molar-refractivity contribution in [1.29, 1.82) is 0 Å². The van der Waals surface area contributed by atoms with Crippen LogP contribution in [0, 0.1) is 0 Å². The van der Waals surface area contributed by atoms with E-state index >= 15 is 0 Å². The first-order valence-electron chi connectivity index (χ1n) is 48.3. The van der Waals surface area contributed by atoms with Crippen LogP contribution in [0.25, 0.3) is 277 Å². The number of aromatic nitrogens is 10. The average Bonchev–Trinajstić information content (AvgIpc) is 1.54. The lowest BCUT2D eigenvalue weighted by atomic mass is 9.81. The summed E-state index contributed by atoms with van der Waals surface area (Å²) in [6.07, 6.45) is 0. The van der Waals surface area contributed by atoms with Crippen molar-refractivity contribution in [3.8, 4) is 102 Å². The summed E-state index contributed by atoms with van der Waals surface area (Å²) in [4.78, 5) is 31.1. The molecule has 143 heavy (non-hydrogen) atoms. The van der Waals surface area contributed by atoms with Gasteiger partial charge in [-0.25, -0.2) is 29.9 Å². The molecule has 0 saturated carbocycles. The summed E-state index contributed by atoms with van der Waals surface area (Å²) in [5.41, 5.74) is 35.4. The lowest BCUT2D eigenvalue weighted by Gasteiger charge is -2.23. The number of nitrogens with zero attached hydrogens (tertiary/aromatic N) is 10. The molecule has 670 valence electrons. The zero-order valence-electron chi connectivity index (χ0n) is 77.3. The van der Waals surface area contributed by atoms with Crippen LogP contribution in [0.3, 0.4) is 0 Å². The minimum absolute atomic E-state index is 0.157. The Bertz CT molecular complexity index is 10500. The molecule has 0 radical (unpaired) electrons. The summed E-state index contributed by atoms with van der Waals surface area (Å²) in [5.74, 6) is 1.95. The number of furan rings is 4. The fourth-order valence-corrected chi connectivity index (χ4v) is 22.6. The molecule has 14 heteroatoms. The van der Waals surface area contributed by atoms with Crippen molar-refractivity contribution >= 4 is 175 Å². The highest BCUT2D eigenvalue weighted by molar-refractivity contribution is 6.26. The number of rotatable bonds is 10. The Kier molecular flexibility index (Phi) is 18.1. The molecule has 11 aromatic heterocycles. The fourth-order valence-electron chi connectivity index (χ4n) is 22.6. The molecule has 0 saturated heterocycles. The molecule has 0 N–H and O–H groups in total. The van der Waals surface area contributed by atoms with Crippen molar-refractivity contribution in [2.24, 2.45) is 0 Å². The van der Waals surface area contributed by atoms with Crippen molar-refractivity contribution in [1.82, 2.24) is 48.2 Å². The van der Waals surface area contributed by atoms with Crippen LogP contribution in [0.15, 0.2) is 467 Å². The maximum atomic E-state index is 6.61. The highest BCUT2D eigenvalue weighted by Gasteiger charge is 2.39. The molecule has 19 aromatic carbocycles. The van der Waals surface area contributed by atoms with Crippen molar-refractivity contribution in [2.75, 3.05) is 0 Å². The maximum Gasteiger partial charge on any atom is 0.180 e. The molecular weight excluding hydrogens is 1750 g/mol. The highest BCUT2D eigenvalue weighted by Crippen LogP contribution is 2.55. The number of benzene rings is 19. The molecule has 1 aliphatic rings. The SMILES string of the molecule is CC1(C)c2ccccc2-c2ccc3c4ccccc4n(-c4cccc(-c5nc(-c6ccccc6)c6oc7ccccc7c6n5)c4)c3c21.c1ccc(-c2nc(-c3cccc(-n4c5ccccc5c5ccc6c7ccccc7n(-c7ccccc7)c6c54)c3)nc3c2oc2ccccc23)cc1.c1ccc(-c2nc(-c3ccccc3-n3c4ccccc4c4ccc5c6ccccc6oc5c43)nc3c2oc2ccccc23)cc1. The third-order valence-electron chi connectivity index (χ3n) is 28.9. The molecule has 0 spiro atoms. The van der Waals surface area contributed by atoms with Gasteiger partial charge in [0.25, 0.3) is 0 Å². The van der Waals surface area contributed by atoms with Gasteiger partial charge in [0.2, 0.25) is 0 Å². The van der Waals surface area contributed by atoms with E-state index in [2.05, 4.69) is 354 Å². The molecule has 0 atom stereocenters. The van der Waals surface area contributed by atoms with Crippen LogP contribution in [0.5, 0.6) is 0 Å². The summed E-state index contributed by atoms with van der Waals surface area (Å²) in [6.45, 7) is 4.72.